The monoisotopic (exact) mass is 287 g/mol. The maximum Gasteiger partial charge on any atom is 0.229 e. The van der Waals surface area contributed by atoms with Gasteiger partial charge in [0.15, 0.2) is 15.7 Å². The molecule has 2 rings (SSSR count). The number of hydrogen-bond donors (Lipinski definition) is 0. The quantitative estimate of drug-likeness (QED) is 0.782. The van der Waals surface area contributed by atoms with Crippen molar-refractivity contribution in [1.82, 2.24) is 15.0 Å². The van der Waals surface area contributed by atoms with Crippen molar-refractivity contribution in [2.24, 2.45) is 0 Å². The van der Waals surface area contributed by atoms with Crippen LogP contribution in [0.25, 0.3) is 0 Å². The zero-order valence-corrected chi connectivity index (χ0v) is 12.6. The summed E-state index contributed by atoms with van der Waals surface area (Å²) in [4.78, 5) is 6.28. The highest BCUT2D eigenvalue weighted by Gasteiger charge is 2.30. The summed E-state index contributed by atoms with van der Waals surface area (Å²) in [5.41, 5.74) is 0. The van der Waals surface area contributed by atoms with Crippen molar-refractivity contribution in [2.45, 2.75) is 50.4 Å². The number of aromatic nitrogens is 2. The summed E-state index contributed by atoms with van der Waals surface area (Å²) in [6.07, 6.45) is 3.51. The molecular weight excluding hydrogens is 266 g/mol. The maximum absolute atomic E-state index is 11.6. The van der Waals surface area contributed by atoms with E-state index >= 15 is 0 Å². The molecule has 1 aromatic rings. The van der Waals surface area contributed by atoms with Gasteiger partial charge >= 0.3 is 0 Å². The first-order valence-electron chi connectivity index (χ1n) is 6.50. The van der Waals surface area contributed by atoms with Crippen LogP contribution < -0.4 is 0 Å². The molecule has 0 amide bonds. The van der Waals surface area contributed by atoms with E-state index < -0.39 is 15.1 Å². The molecule has 0 spiro atoms. The van der Waals surface area contributed by atoms with E-state index in [1.54, 1.807) is 6.92 Å². The van der Waals surface area contributed by atoms with E-state index in [2.05, 4.69) is 10.1 Å². The molecule has 0 saturated heterocycles. The Morgan fingerprint density at radius 3 is 2.58 bits per heavy atom. The highest BCUT2D eigenvalue weighted by Crippen LogP contribution is 2.38. The SMILES string of the molecule is C[C@H]([C@@H](C)S(C)(=O)=O)N(C)Cc1noc(C2CC2)n1. The zero-order chi connectivity index (χ0) is 14.2. The fraction of sp³-hybridized carbons (Fsp3) is 0.833. The van der Waals surface area contributed by atoms with E-state index in [0.717, 1.165) is 12.8 Å². The third-order valence-electron chi connectivity index (χ3n) is 3.85. The molecule has 0 aliphatic heterocycles. The summed E-state index contributed by atoms with van der Waals surface area (Å²) < 4.78 is 28.3. The van der Waals surface area contributed by atoms with Gasteiger partial charge in [-0.25, -0.2) is 8.42 Å². The highest BCUT2D eigenvalue weighted by atomic mass is 32.2. The van der Waals surface area contributed by atoms with Crippen LogP contribution >= 0.6 is 0 Å². The first-order valence-corrected chi connectivity index (χ1v) is 8.46. The molecule has 1 aliphatic rings. The van der Waals surface area contributed by atoms with E-state index in [0.29, 0.717) is 24.2 Å². The molecule has 0 aromatic carbocycles. The molecule has 6 nitrogen and oxygen atoms in total. The second kappa shape index (κ2) is 5.20. The van der Waals surface area contributed by atoms with Gasteiger partial charge in [-0.2, -0.15) is 4.98 Å². The zero-order valence-electron chi connectivity index (χ0n) is 11.8. The van der Waals surface area contributed by atoms with Crippen LogP contribution in [-0.4, -0.2) is 48.1 Å². The van der Waals surface area contributed by atoms with Gasteiger partial charge in [-0.05, 0) is 33.7 Å². The Kier molecular flexibility index (Phi) is 3.96. The lowest BCUT2D eigenvalue weighted by Crippen LogP contribution is -2.41. The number of sulfone groups is 1. The van der Waals surface area contributed by atoms with Crippen molar-refractivity contribution in [3.8, 4) is 0 Å². The van der Waals surface area contributed by atoms with Crippen LogP contribution in [0.2, 0.25) is 0 Å². The minimum atomic E-state index is -3.04. The largest absolute Gasteiger partial charge is 0.339 e. The number of rotatable bonds is 6. The predicted molar refractivity (Wildman–Crippen MR) is 71.5 cm³/mol. The molecule has 0 N–H and O–H groups in total. The lowest BCUT2D eigenvalue weighted by molar-refractivity contribution is 0.235. The van der Waals surface area contributed by atoms with E-state index in [-0.39, 0.29) is 6.04 Å². The van der Waals surface area contributed by atoms with Crippen LogP contribution in [0.1, 0.15) is 44.3 Å². The topological polar surface area (TPSA) is 76.3 Å². The molecule has 7 heteroatoms. The first kappa shape index (κ1) is 14.5. The molecule has 1 aliphatic carbocycles. The molecule has 19 heavy (non-hydrogen) atoms. The fourth-order valence-corrected chi connectivity index (χ4v) is 2.83. The van der Waals surface area contributed by atoms with Gasteiger partial charge in [-0.3, -0.25) is 4.90 Å². The van der Waals surface area contributed by atoms with Crippen molar-refractivity contribution in [1.29, 1.82) is 0 Å². The molecule has 0 unspecified atom stereocenters. The highest BCUT2D eigenvalue weighted by molar-refractivity contribution is 7.91. The van der Waals surface area contributed by atoms with Gasteiger partial charge in [0.05, 0.1) is 11.8 Å². The van der Waals surface area contributed by atoms with Crippen LogP contribution in [-0.2, 0) is 16.4 Å². The van der Waals surface area contributed by atoms with E-state index in [1.165, 1.54) is 6.26 Å². The van der Waals surface area contributed by atoms with Gasteiger partial charge < -0.3 is 4.52 Å². The van der Waals surface area contributed by atoms with Crippen LogP contribution in [0.5, 0.6) is 0 Å². The van der Waals surface area contributed by atoms with Crippen LogP contribution in [0.15, 0.2) is 4.52 Å². The molecule has 1 saturated carbocycles. The predicted octanol–water partition coefficient (Wildman–Crippen LogP) is 1.20. The summed E-state index contributed by atoms with van der Waals surface area (Å²) in [6, 6.07) is -0.0992. The average Bonchev–Trinajstić information content (AvgIpc) is 3.07. The van der Waals surface area contributed by atoms with Crippen molar-refractivity contribution >= 4 is 9.84 Å². The fourth-order valence-electron chi connectivity index (χ4n) is 1.91. The second-order valence-corrected chi connectivity index (χ2v) is 7.92. The van der Waals surface area contributed by atoms with Gasteiger partial charge in [-0.1, -0.05) is 5.16 Å². The Labute approximate surface area is 114 Å². The minimum absolute atomic E-state index is 0.0992. The van der Waals surface area contributed by atoms with Crippen LogP contribution in [0.4, 0.5) is 0 Å². The Morgan fingerprint density at radius 1 is 1.42 bits per heavy atom. The van der Waals surface area contributed by atoms with Gasteiger partial charge in [0.2, 0.25) is 5.89 Å². The van der Waals surface area contributed by atoms with E-state index in [9.17, 15) is 8.42 Å². The molecule has 0 bridgehead atoms. The molecule has 1 heterocycles. The van der Waals surface area contributed by atoms with Crippen LogP contribution in [0, 0.1) is 0 Å². The Hall–Kier alpha value is -0.950. The molecular formula is C12H21N3O3S. The van der Waals surface area contributed by atoms with E-state index in [1.807, 2.05) is 18.9 Å². The van der Waals surface area contributed by atoms with Crippen molar-refractivity contribution in [3.05, 3.63) is 11.7 Å². The Morgan fingerprint density at radius 2 is 2.05 bits per heavy atom. The van der Waals surface area contributed by atoms with Gasteiger partial charge in [0, 0.05) is 18.2 Å². The Bertz CT molecular complexity index is 536. The van der Waals surface area contributed by atoms with Gasteiger partial charge in [-0.15, -0.1) is 0 Å². The molecule has 0 radical (unpaired) electrons. The summed E-state index contributed by atoms with van der Waals surface area (Å²) in [7, 11) is -1.17. The maximum atomic E-state index is 11.6. The number of nitrogens with zero attached hydrogens (tertiary/aromatic N) is 3. The smallest absolute Gasteiger partial charge is 0.229 e. The third kappa shape index (κ3) is 3.54. The third-order valence-corrected chi connectivity index (χ3v) is 5.60. The molecule has 1 fully saturated rings. The summed E-state index contributed by atoms with van der Waals surface area (Å²) in [5, 5.41) is 3.52. The standard InChI is InChI=1S/C12H21N3O3S/c1-8(9(2)19(4,16)17)15(3)7-11-13-12(18-14-11)10-5-6-10/h8-10H,5-7H2,1-4H3/t8-,9-/m1/s1. The summed E-state index contributed by atoms with van der Waals surface area (Å²) in [6.45, 7) is 4.12. The minimum Gasteiger partial charge on any atom is -0.339 e. The van der Waals surface area contributed by atoms with Gasteiger partial charge in [0.25, 0.3) is 0 Å². The number of hydrogen-bond acceptors (Lipinski definition) is 6. The lowest BCUT2D eigenvalue weighted by Gasteiger charge is -2.27. The summed E-state index contributed by atoms with van der Waals surface area (Å²) in [5.74, 6) is 1.78. The second-order valence-electron chi connectivity index (χ2n) is 5.51. The molecule has 108 valence electrons. The molecule has 1 aromatic heterocycles. The van der Waals surface area contributed by atoms with E-state index in [4.69, 9.17) is 4.52 Å². The van der Waals surface area contributed by atoms with Gasteiger partial charge in [0.1, 0.15) is 0 Å². The van der Waals surface area contributed by atoms with Crippen LogP contribution in [0.3, 0.4) is 0 Å². The molecule has 2 atom stereocenters. The van der Waals surface area contributed by atoms with Crippen molar-refractivity contribution in [2.75, 3.05) is 13.3 Å². The first-order chi connectivity index (χ1) is 8.79. The lowest BCUT2D eigenvalue weighted by atomic mass is 10.2. The van der Waals surface area contributed by atoms with Crippen molar-refractivity contribution < 1.29 is 12.9 Å². The average molecular weight is 287 g/mol. The normalized spacial score (nSPS) is 19.6. The summed E-state index contributed by atoms with van der Waals surface area (Å²) >= 11 is 0. The van der Waals surface area contributed by atoms with Crippen molar-refractivity contribution in [3.63, 3.8) is 0 Å². The Balaban J connectivity index is 1.97.